The number of nitrogens with one attached hydrogen (secondary N) is 2. The molecule has 14 heavy (non-hydrogen) atoms. The van der Waals surface area contributed by atoms with E-state index in [1.807, 2.05) is 0 Å². The van der Waals surface area contributed by atoms with Gasteiger partial charge in [-0.2, -0.15) is 0 Å². The first-order chi connectivity index (χ1) is 6.47. The Kier molecular flexibility index (Phi) is 3.65. The van der Waals surface area contributed by atoms with Crippen LogP contribution in [-0.2, 0) is 0 Å². The molecule has 0 bridgehead atoms. The molecule has 82 valence electrons. The summed E-state index contributed by atoms with van der Waals surface area (Å²) in [5.74, 6) is 1.07. The number of rotatable bonds is 4. The molecule has 0 aromatic carbocycles. The molecule has 1 aliphatic rings. The van der Waals surface area contributed by atoms with E-state index in [4.69, 9.17) is 11.6 Å². The van der Waals surface area contributed by atoms with E-state index in [0.717, 1.165) is 0 Å². The summed E-state index contributed by atoms with van der Waals surface area (Å²) >= 11 is 5.46. The highest BCUT2D eigenvalue weighted by Crippen LogP contribution is 2.53. The fraction of sp³-hybridized carbons (Fsp3) is 0.900. The third-order valence-corrected chi connectivity index (χ3v) is 3.12. The molecule has 1 fully saturated rings. The molecule has 0 saturated heterocycles. The van der Waals surface area contributed by atoms with Gasteiger partial charge >= 0.3 is 6.03 Å². The zero-order valence-electron chi connectivity index (χ0n) is 9.06. The topological polar surface area (TPSA) is 41.1 Å². The zero-order chi connectivity index (χ0) is 10.8. The molecular weight excluding hydrogens is 200 g/mol. The summed E-state index contributed by atoms with van der Waals surface area (Å²) in [6, 6.07) is 0.140. The second-order valence-corrected chi connectivity index (χ2v) is 5.06. The van der Waals surface area contributed by atoms with E-state index in [-0.39, 0.29) is 12.1 Å². The molecule has 0 radical (unpaired) electrons. The van der Waals surface area contributed by atoms with Gasteiger partial charge < -0.3 is 10.6 Å². The number of alkyl halides is 1. The first kappa shape index (κ1) is 11.6. The molecule has 1 aliphatic carbocycles. The van der Waals surface area contributed by atoms with Crippen molar-refractivity contribution in [3.8, 4) is 0 Å². The molecule has 2 N–H and O–H groups in total. The minimum absolute atomic E-state index is 0.110. The van der Waals surface area contributed by atoms with Crippen molar-refractivity contribution in [2.24, 2.45) is 11.3 Å². The van der Waals surface area contributed by atoms with E-state index in [0.29, 0.717) is 23.8 Å². The fourth-order valence-electron chi connectivity index (χ4n) is 1.88. The van der Waals surface area contributed by atoms with Crippen LogP contribution in [0.3, 0.4) is 0 Å². The average Bonchev–Trinajstić information content (AvgIpc) is 2.72. The Morgan fingerprint density at radius 2 is 2.21 bits per heavy atom. The smallest absolute Gasteiger partial charge is 0.315 e. The Balaban J connectivity index is 2.21. The highest BCUT2D eigenvalue weighted by molar-refractivity contribution is 6.18. The zero-order valence-corrected chi connectivity index (χ0v) is 9.82. The Morgan fingerprint density at radius 1 is 1.64 bits per heavy atom. The lowest BCUT2D eigenvalue weighted by atomic mass is 10.1. The molecular formula is C10H19ClN2O. The molecule has 2 atom stereocenters. The van der Waals surface area contributed by atoms with Crippen molar-refractivity contribution in [1.82, 2.24) is 10.6 Å². The first-order valence-electron chi connectivity index (χ1n) is 5.07. The number of carbonyl (C=O) groups excluding carboxylic acids is 1. The van der Waals surface area contributed by atoms with E-state index in [2.05, 4.69) is 31.4 Å². The van der Waals surface area contributed by atoms with Crippen LogP contribution in [0.1, 0.15) is 27.2 Å². The van der Waals surface area contributed by atoms with Crippen molar-refractivity contribution in [3.05, 3.63) is 0 Å². The highest BCUT2D eigenvalue weighted by atomic mass is 35.5. The number of halogens is 1. The Labute approximate surface area is 90.6 Å². The molecule has 0 aromatic rings. The molecule has 0 aromatic heterocycles. The standard InChI is InChI=1S/C10H19ClN2O/c1-7(8-6-10(8,2)3)13-9(14)12-5-4-11/h7-8H,4-6H2,1-3H3,(H2,12,13,14). The second kappa shape index (κ2) is 4.39. The first-order valence-corrected chi connectivity index (χ1v) is 5.61. The van der Waals surface area contributed by atoms with Crippen molar-refractivity contribution in [2.45, 2.75) is 33.2 Å². The summed E-state index contributed by atoms with van der Waals surface area (Å²) in [7, 11) is 0. The lowest BCUT2D eigenvalue weighted by Gasteiger charge is -2.15. The van der Waals surface area contributed by atoms with Gasteiger partial charge in [0.1, 0.15) is 0 Å². The third kappa shape index (κ3) is 3.05. The van der Waals surface area contributed by atoms with Gasteiger partial charge in [-0.3, -0.25) is 0 Å². The quantitative estimate of drug-likeness (QED) is 0.696. The normalized spacial score (nSPS) is 25.3. The summed E-state index contributed by atoms with van der Waals surface area (Å²) in [4.78, 5) is 11.3. The van der Waals surface area contributed by atoms with Gasteiger partial charge in [0.05, 0.1) is 0 Å². The van der Waals surface area contributed by atoms with Crippen LogP contribution in [0.5, 0.6) is 0 Å². The number of carbonyl (C=O) groups is 1. The van der Waals surface area contributed by atoms with Crippen LogP contribution in [0.2, 0.25) is 0 Å². The summed E-state index contributed by atoms with van der Waals surface area (Å²) in [5, 5.41) is 5.61. The van der Waals surface area contributed by atoms with Crippen LogP contribution in [0.25, 0.3) is 0 Å². The molecule has 1 rings (SSSR count). The summed E-state index contributed by atoms with van der Waals surface area (Å²) < 4.78 is 0. The summed E-state index contributed by atoms with van der Waals surface area (Å²) in [6.07, 6.45) is 1.20. The SMILES string of the molecule is CC(NC(=O)NCCCl)C1CC1(C)C. The Bertz CT molecular complexity index is 218. The van der Waals surface area contributed by atoms with Crippen molar-refractivity contribution < 1.29 is 4.79 Å². The molecule has 0 spiro atoms. The van der Waals surface area contributed by atoms with Crippen LogP contribution in [0.4, 0.5) is 4.79 Å². The molecule has 0 heterocycles. The number of hydrogen-bond donors (Lipinski definition) is 2. The predicted octanol–water partition coefficient (Wildman–Crippen LogP) is 1.96. The summed E-state index contributed by atoms with van der Waals surface area (Å²) in [5.41, 5.74) is 0.402. The maximum absolute atomic E-state index is 11.3. The Morgan fingerprint density at radius 3 is 2.64 bits per heavy atom. The maximum Gasteiger partial charge on any atom is 0.315 e. The van der Waals surface area contributed by atoms with Crippen molar-refractivity contribution in [3.63, 3.8) is 0 Å². The largest absolute Gasteiger partial charge is 0.337 e. The second-order valence-electron chi connectivity index (χ2n) is 4.68. The minimum Gasteiger partial charge on any atom is -0.337 e. The molecule has 0 aliphatic heterocycles. The average molecular weight is 219 g/mol. The summed E-state index contributed by atoms with van der Waals surface area (Å²) in [6.45, 7) is 7.03. The van der Waals surface area contributed by atoms with Crippen LogP contribution in [0, 0.1) is 11.3 Å². The van der Waals surface area contributed by atoms with Crippen LogP contribution in [-0.4, -0.2) is 24.5 Å². The van der Waals surface area contributed by atoms with E-state index >= 15 is 0 Å². The van der Waals surface area contributed by atoms with Gasteiger partial charge in [0.15, 0.2) is 0 Å². The van der Waals surface area contributed by atoms with Crippen LogP contribution < -0.4 is 10.6 Å². The molecule has 1 saturated carbocycles. The number of hydrogen-bond acceptors (Lipinski definition) is 1. The van der Waals surface area contributed by atoms with Gasteiger partial charge in [0, 0.05) is 18.5 Å². The number of urea groups is 1. The molecule has 3 nitrogen and oxygen atoms in total. The highest BCUT2D eigenvalue weighted by Gasteiger charge is 2.48. The number of amides is 2. The van der Waals surface area contributed by atoms with Crippen molar-refractivity contribution in [2.75, 3.05) is 12.4 Å². The van der Waals surface area contributed by atoms with Gasteiger partial charge in [-0.1, -0.05) is 13.8 Å². The fourth-order valence-corrected chi connectivity index (χ4v) is 1.98. The van der Waals surface area contributed by atoms with Crippen LogP contribution in [0.15, 0.2) is 0 Å². The molecule has 4 heteroatoms. The van der Waals surface area contributed by atoms with E-state index in [9.17, 15) is 4.79 Å². The van der Waals surface area contributed by atoms with Gasteiger partial charge in [-0.05, 0) is 24.7 Å². The monoisotopic (exact) mass is 218 g/mol. The van der Waals surface area contributed by atoms with Gasteiger partial charge in [-0.15, -0.1) is 11.6 Å². The third-order valence-electron chi connectivity index (χ3n) is 2.93. The molecule has 2 amide bonds. The minimum atomic E-state index is -0.110. The van der Waals surface area contributed by atoms with Crippen molar-refractivity contribution >= 4 is 17.6 Å². The van der Waals surface area contributed by atoms with Crippen molar-refractivity contribution in [1.29, 1.82) is 0 Å². The van der Waals surface area contributed by atoms with Gasteiger partial charge in [-0.25, -0.2) is 4.79 Å². The maximum atomic E-state index is 11.3. The van der Waals surface area contributed by atoms with Crippen LogP contribution >= 0.6 is 11.6 Å². The van der Waals surface area contributed by atoms with Gasteiger partial charge in [0.2, 0.25) is 0 Å². The van der Waals surface area contributed by atoms with E-state index < -0.39 is 0 Å². The predicted molar refractivity (Wildman–Crippen MR) is 58.6 cm³/mol. The lowest BCUT2D eigenvalue weighted by Crippen LogP contribution is -2.42. The Hall–Kier alpha value is -0.440. The lowest BCUT2D eigenvalue weighted by molar-refractivity contribution is 0.236. The van der Waals surface area contributed by atoms with E-state index in [1.165, 1.54) is 6.42 Å². The van der Waals surface area contributed by atoms with Gasteiger partial charge in [0.25, 0.3) is 0 Å². The molecule has 2 unspecified atom stereocenters. The van der Waals surface area contributed by atoms with E-state index in [1.54, 1.807) is 0 Å².